The summed E-state index contributed by atoms with van der Waals surface area (Å²) in [7, 11) is 0. The summed E-state index contributed by atoms with van der Waals surface area (Å²) in [4.78, 5) is 7.01. The van der Waals surface area contributed by atoms with Gasteiger partial charge in [0, 0.05) is 17.3 Å². The normalized spacial score (nSPS) is 10.5. The summed E-state index contributed by atoms with van der Waals surface area (Å²) < 4.78 is 0. The highest BCUT2D eigenvalue weighted by atomic mass is 14.7. The first-order chi connectivity index (χ1) is 4.86. The van der Waals surface area contributed by atoms with Crippen molar-refractivity contribution in [2.75, 3.05) is 0 Å². The zero-order valence-electron chi connectivity index (χ0n) is 5.68. The third-order valence-electron chi connectivity index (χ3n) is 1.49. The lowest BCUT2D eigenvalue weighted by Gasteiger charge is -1.81. The molecule has 0 spiro atoms. The summed E-state index contributed by atoms with van der Waals surface area (Å²) in [6.45, 7) is 2.02. The number of pyridine rings is 1. The Morgan fingerprint density at radius 1 is 1.60 bits per heavy atom. The minimum Gasteiger partial charge on any atom is -0.357 e. The maximum absolute atomic E-state index is 3.87. The van der Waals surface area contributed by atoms with E-state index in [0.29, 0.717) is 0 Å². The molecule has 0 aliphatic carbocycles. The van der Waals surface area contributed by atoms with Crippen LogP contribution in [0.4, 0.5) is 0 Å². The molecule has 0 bridgehead atoms. The van der Waals surface area contributed by atoms with Crippen molar-refractivity contribution in [2.24, 2.45) is 0 Å². The molecule has 1 radical (unpaired) electrons. The van der Waals surface area contributed by atoms with Crippen molar-refractivity contribution in [1.82, 2.24) is 9.97 Å². The van der Waals surface area contributed by atoms with E-state index < -0.39 is 0 Å². The molecule has 0 saturated heterocycles. The second kappa shape index (κ2) is 1.84. The lowest BCUT2D eigenvalue weighted by molar-refractivity contribution is 1.27. The standard InChI is InChI=1S/C8H7N2/c1-6-4-7-2-3-9-5-8(7)10-6/h2-4,10H,1H3. The zero-order chi connectivity index (χ0) is 6.97. The van der Waals surface area contributed by atoms with Crippen LogP contribution in [0.25, 0.3) is 10.9 Å². The highest BCUT2D eigenvalue weighted by Gasteiger charge is 1.93. The van der Waals surface area contributed by atoms with Crippen molar-refractivity contribution in [1.29, 1.82) is 0 Å². The Morgan fingerprint density at radius 3 is 3.30 bits per heavy atom. The lowest BCUT2D eigenvalue weighted by Crippen LogP contribution is -1.70. The molecule has 0 fully saturated rings. The monoisotopic (exact) mass is 131 g/mol. The third-order valence-corrected chi connectivity index (χ3v) is 1.49. The summed E-state index contributed by atoms with van der Waals surface area (Å²) in [5.41, 5.74) is 2.14. The minimum atomic E-state index is 0.986. The highest BCUT2D eigenvalue weighted by molar-refractivity contribution is 5.78. The van der Waals surface area contributed by atoms with E-state index in [-0.39, 0.29) is 0 Å². The Morgan fingerprint density at radius 2 is 2.50 bits per heavy atom. The van der Waals surface area contributed by atoms with Gasteiger partial charge in [0.2, 0.25) is 0 Å². The van der Waals surface area contributed by atoms with Gasteiger partial charge >= 0.3 is 0 Å². The van der Waals surface area contributed by atoms with Gasteiger partial charge in [0.05, 0.1) is 5.52 Å². The van der Waals surface area contributed by atoms with Crippen LogP contribution in [0, 0.1) is 13.1 Å². The quantitative estimate of drug-likeness (QED) is 0.578. The second-order valence-corrected chi connectivity index (χ2v) is 2.34. The molecule has 2 nitrogen and oxygen atoms in total. The smallest absolute Gasteiger partial charge is 0.115 e. The SMILES string of the molecule is Cc1cc2ccn[c]c2[nH]1. The molecule has 0 atom stereocenters. The number of H-pyrrole nitrogens is 1. The first-order valence-electron chi connectivity index (χ1n) is 3.18. The molecule has 0 aliphatic rings. The molecule has 0 saturated carbocycles. The van der Waals surface area contributed by atoms with Crippen LogP contribution in [0.15, 0.2) is 18.3 Å². The van der Waals surface area contributed by atoms with E-state index in [1.54, 1.807) is 6.20 Å². The molecule has 10 heavy (non-hydrogen) atoms. The summed E-state index contributed by atoms with van der Waals surface area (Å²) >= 11 is 0. The number of aromatic nitrogens is 2. The molecule has 0 unspecified atom stereocenters. The van der Waals surface area contributed by atoms with Crippen molar-refractivity contribution in [3.63, 3.8) is 0 Å². The molecule has 0 aliphatic heterocycles. The lowest BCUT2D eigenvalue weighted by atomic mass is 10.3. The molecule has 2 aromatic heterocycles. The number of aromatic amines is 1. The van der Waals surface area contributed by atoms with Gasteiger partial charge in [-0.15, -0.1) is 0 Å². The Bertz CT molecular complexity index is 316. The van der Waals surface area contributed by atoms with Gasteiger partial charge in [-0.3, -0.25) is 4.98 Å². The molecule has 2 heteroatoms. The molecule has 49 valence electrons. The summed E-state index contributed by atoms with van der Waals surface area (Å²) in [5.74, 6) is 0. The first-order valence-corrected chi connectivity index (χ1v) is 3.18. The Hall–Kier alpha value is -1.31. The topological polar surface area (TPSA) is 28.7 Å². The van der Waals surface area contributed by atoms with Gasteiger partial charge in [-0.25, -0.2) is 0 Å². The Kier molecular flexibility index (Phi) is 1.01. The molecular weight excluding hydrogens is 124 g/mol. The minimum absolute atomic E-state index is 0.986. The van der Waals surface area contributed by atoms with Crippen LogP contribution < -0.4 is 0 Å². The fourth-order valence-electron chi connectivity index (χ4n) is 1.05. The number of fused-ring (bicyclic) bond motifs is 1. The van der Waals surface area contributed by atoms with Gasteiger partial charge in [0.15, 0.2) is 0 Å². The predicted molar refractivity (Wildman–Crippen MR) is 39.7 cm³/mol. The van der Waals surface area contributed by atoms with Gasteiger partial charge in [-0.2, -0.15) is 0 Å². The van der Waals surface area contributed by atoms with Crippen LogP contribution in [-0.2, 0) is 0 Å². The van der Waals surface area contributed by atoms with E-state index in [9.17, 15) is 0 Å². The number of rotatable bonds is 0. The molecule has 1 N–H and O–H groups in total. The van der Waals surface area contributed by atoms with Crippen molar-refractivity contribution in [3.05, 3.63) is 30.2 Å². The fourth-order valence-corrected chi connectivity index (χ4v) is 1.05. The predicted octanol–water partition coefficient (Wildman–Crippen LogP) is 1.67. The van der Waals surface area contributed by atoms with Crippen molar-refractivity contribution < 1.29 is 0 Å². The van der Waals surface area contributed by atoms with Gasteiger partial charge < -0.3 is 4.98 Å². The summed E-state index contributed by atoms with van der Waals surface area (Å²) in [6, 6.07) is 4.04. The molecule has 2 aromatic rings. The summed E-state index contributed by atoms with van der Waals surface area (Å²) in [6.07, 6.45) is 4.61. The van der Waals surface area contributed by atoms with Gasteiger partial charge in [-0.05, 0) is 19.1 Å². The number of hydrogen-bond acceptors (Lipinski definition) is 1. The van der Waals surface area contributed by atoms with E-state index in [1.165, 1.54) is 5.39 Å². The van der Waals surface area contributed by atoms with E-state index >= 15 is 0 Å². The van der Waals surface area contributed by atoms with Crippen molar-refractivity contribution >= 4 is 10.9 Å². The van der Waals surface area contributed by atoms with E-state index in [0.717, 1.165) is 11.2 Å². The molecule has 0 aromatic carbocycles. The van der Waals surface area contributed by atoms with Gasteiger partial charge in [-0.1, -0.05) is 0 Å². The van der Waals surface area contributed by atoms with Crippen molar-refractivity contribution in [2.45, 2.75) is 6.92 Å². The average Bonchev–Trinajstić information content (AvgIpc) is 2.27. The number of nitrogens with one attached hydrogen (secondary N) is 1. The van der Waals surface area contributed by atoms with Crippen molar-refractivity contribution in [3.8, 4) is 0 Å². The Labute approximate surface area is 58.9 Å². The maximum atomic E-state index is 3.87. The number of hydrogen-bond donors (Lipinski definition) is 1. The van der Waals surface area contributed by atoms with E-state index in [4.69, 9.17) is 0 Å². The molecule has 2 heterocycles. The van der Waals surface area contributed by atoms with Crippen LogP contribution in [0.5, 0.6) is 0 Å². The Balaban J connectivity index is 2.88. The van der Waals surface area contributed by atoms with Crippen LogP contribution in [0.2, 0.25) is 0 Å². The largest absolute Gasteiger partial charge is 0.357 e. The van der Waals surface area contributed by atoms with Crippen LogP contribution in [-0.4, -0.2) is 9.97 Å². The van der Waals surface area contributed by atoms with Gasteiger partial charge in [0.25, 0.3) is 0 Å². The second-order valence-electron chi connectivity index (χ2n) is 2.34. The average molecular weight is 131 g/mol. The van der Waals surface area contributed by atoms with Gasteiger partial charge in [0.1, 0.15) is 6.20 Å². The highest BCUT2D eigenvalue weighted by Crippen LogP contribution is 2.11. The molecule has 0 amide bonds. The van der Waals surface area contributed by atoms with Crippen LogP contribution in [0.3, 0.4) is 0 Å². The summed E-state index contributed by atoms with van der Waals surface area (Å²) in [5, 5.41) is 1.17. The number of aryl methyl sites for hydroxylation is 1. The van der Waals surface area contributed by atoms with E-state index in [1.807, 2.05) is 13.0 Å². The van der Waals surface area contributed by atoms with E-state index in [2.05, 4.69) is 22.2 Å². The first kappa shape index (κ1) is 5.47. The third kappa shape index (κ3) is 0.692. The zero-order valence-corrected chi connectivity index (χ0v) is 5.68. The molecular formula is C8H7N2. The fraction of sp³-hybridized carbons (Fsp3) is 0.125. The van der Waals surface area contributed by atoms with Crippen LogP contribution >= 0.6 is 0 Å². The molecule has 2 rings (SSSR count). The maximum Gasteiger partial charge on any atom is 0.115 e. The van der Waals surface area contributed by atoms with Crippen LogP contribution in [0.1, 0.15) is 5.69 Å². The number of nitrogens with zero attached hydrogens (tertiary/aromatic N) is 1.